The smallest absolute Gasteiger partial charge is 0.324 e. The van der Waals surface area contributed by atoms with Gasteiger partial charge in [-0.25, -0.2) is 0 Å². The fraction of sp³-hybridized carbons (Fsp3) is 0.933. The molecule has 0 heterocycles. The largest absolute Gasteiger partial charge is 0.468 e. The predicted molar refractivity (Wildman–Crippen MR) is 80.2 cm³/mol. The zero-order valence-corrected chi connectivity index (χ0v) is 13.7. The summed E-state index contributed by atoms with van der Waals surface area (Å²) >= 11 is 0. The maximum Gasteiger partial charge on any atom is 0.324 e. The lowest BCUT2D eigenvalue weighted by atomic mass is 10.1. The Bertz CT molecular complexity index is 243. The van der Waals surface area contributed by atoms with Gasteiger partial charge in [0.25, 0.3) is 0 Å². The molecule has 0 amide bonds. The first kappa shape index (κ1) is 18.4. The number of hydrogen-bond donors (Lipinski definition) is 1. The van der Waals surface area contributed by atoms with Crippen molar-refractivity contribution in [2.45, 2.75) is 53.6 Å². The Kier molecular flexibility index (Phi) is 9.02. The normalized spacial score (nSPS) is 13.6. The summed E-state index contributed by atoms with van der Waals surface area (Å²) in [6.07, 6.45) is 0. The molecule has 19 heavy (non-hydrogen) atoms. The van der Waals surface area contributed by atoms with E-state index < -0.39 is 0 Å². The molecule has 0 spiro atoms. The Morgan fingerprint density at radius 2 is 1.47 bits per heavy atom. The lowest BCUT2D eigenvalue weighted by molar-refractivity contribution is -0.144. The number of carbonyl (C=O) groups is 1. The molecule has 0 aromatic carbocycles. The minimum absolute atomic E-state index is 0.175. The van der Waals surface area contributed by atoms with Crippen LogP contribution in [0.3, 0.4) is 0 Å². The van der Waals surface area contributed by atoms with Crippen molar-refractivity contribution >= 4 is 5.97 Å². The minimum Gasteiger partial charge on any atom is -0.468 e. The van der Waals surface area contributed by atoms with Crippen LogP contribution in [0.4, 0.5) is 0 Å². The van der Waals surface area contributed by atoms with Crippen molar-refractivity contribution in [1.82, 2.24) is 10.2 Å². The second kappa shape index (κ2) is 9.32. The Morgan fingerprint density at radius 3 is 1.79 bits per heavy atom. The first-order chi connectivity index (χ1) is 8.76. The van der Waals surface area contributed by atoms with Gasteiger partial charge in [-0.15, -0.1) is 0 Å². The van der Waals surface area contributed by atoms with Gasteiger partial charge in [0.05, 0.1) is 7.11 Å². The van der Waals surface area contributed by atoms with E-state index in [2.05, 4.69) is 37.9 Å². The zero-order chi connectivity index (χ0) is 15.0. The van der Waals surface area contributed by atoms with Crippen molar-refractivity contribution in [2.24, 2.45) is 11.8 Å². The summed E-state index contributed by atoms with van der Waals surface area (Å²) in [6, 6.07) is 0.0200. The van der Waals surface area contributed by atoms with E-state index in [1.54, 1.807) is 0 Å². The third-order valence-electron chi connectivity index (χ3n) is 2.71. The third-order valence-corrected chi connectivity index (χ3v) is 2.71. The lowest BCUT2D eigenvalue weighted by Crippen LogP contribution is -2.50. The van der Waals surface area contributed by atoms with E-state index in [1.807, 2.05) is 13.8 Å². The van der Waals surface area contributed by atoms with Gasteiger partial charge in [-0.3, -0.25) is 4.79 Å². The number of hydrogen-bond acceptors (Lipinski definition) is 4. The van der Waals surface area contributed by atoms with E-state index in [0.717, 1.165) is 13.1 Å². The van der Waals surface area contributed by atoms with Crippen LogP contribution in [0, 0.1) is 11.8 Å². The van der Waals surface area contributed by atoms with Crippen LogP contribution in [-0.2, 0) is 9.53 Å². The Hall–Kier alpha value is -0.610. The van der Waals surface area contributed by atoms with Gasteiger partial charge in [0, 0.05) is 25.7 Å². The Balaban J connectivity index is 4.65. The number of carbonyl (C=O) groups excluding carboxylic acids is 1. The predicted octanol–water partition coefficient (Wildman–Crippen LogP) is 2.14. The molecule has 114 valence electrons. The van der Waals surface area contributed by atoms with Crippen LogP contribution in [0.25, 0.3) is 0 Å². The summed E-state index contributed by atoms with van der Waals surface area (Å²) in [5.74, 6) is 1.01. The van der Waals surface area contributed by atoms with Crippen molar-refractivity contribution < 1.29 is 9.53 Å². The summed E-state index contributed by atoms with van der Waals surface area (Å²) in [5.41, 5.74) is 0. The van der Waals surface area contributed by atoms with E-state index >= 15 is 0 Å². The molecule has 0 rings (SSSR count). The molecule has 0 radical (unpaired) electrons. The van der Waals surface area contributed by atoms with Crippen LogP contribution in [0.5, 0.6) is 0 Å². The van der Waals surface area contributed by atoms with Crippen LogP contribution in [0.1, 0.15) is 41.5 Å². The van der Waals surface area contributed by atoms with Gasteiger partial charge in [0.1, 0.15) is 6.04 Å². The molecule has 4 heteroatoms. The van der Waals surface area contributed by atoms with Gasteiger partial charge in [-0.05, 0) is 11.8 Å². The number of nitrogens with one attached hydrogen (secondary N) is 1. The van der Waals surface area contributed by atoms with Crippen LogP contribution in [0.2, 0.25) is 0 Å². The number of nitrogens with zero attached hydrogens (tertiary/aromatic N) is 1. The Labute approximate surface area is 118 Å². The highest BCUT2D eigenvalue weighted by atomic mass is 16.5. The molecule has 0 saturated heterocycles. The van der Waals surface area contributed by atoms with E-state index in [9.17, 15) is 4.79 Å². The van der Waals surface area contributed by atoms with E-state index in [-0.39, 0.29) is 18.1 Å². The summed E-state index contributed by atoms with van der Waals surface area (Å²) in [6.45, 7) is 15.6. The van der Waals surface area contributed by atoms with Crippen molar-refractivity contribution in [3.8, 4) is 0 Å². The molecule has 0 aliphatic rings. The standard InChI is InChI=1S/C15H32N2O2/c1-11(2)8-17(9-12(3)4)10-14(15(18)19-7)16-13(5)6/h11-14,16H,8-10H2,1-7H3. The van der Waals surface area contributed by atoms with Crippen LogP contribution in [0.15, 0.2) is 0 Å². The molecule has 0 aliphatic heterocycles. The van der Waals surface area contributed by atoms with Gasteiger partial charge in [-0.1, -0.05) is 41.5 Å². The number of methoxy groups -OCH3 is 1. The molecule has 0 fully saturated rings. The highest BCUT2D eigenvalue weighted by Crippen LogP contribution is 2.06. The summed E-state index contributed by atoms with van der Waals surface area (Å²) < 4.78 is 4.90. The Morgan fingerprint density at radius 1 is 1.00 bits per heavy atom. The van der Waals surface area contributed by atoms with E-state index in [4.69, 9.17) is 4.74 Å². The summed E-state index contributed by atoms with van der Waals surface area (Å²) in [4.78, 5) is 14.2. The molecule has 0 saturated carbocycles. The van der Waals surface area contributed by atoms with Crippen LogP contribution >= 0.6 is 0 Å². The SMILES string of the molecule is COC(=O)C(CN(CC(C)C)CC(C)C)NC(C)C. The summed E-state index contributed by atoms with van der Waals surface area (Å²) in [5, 5.41) is 3.29. The second-order valence-electron chi connectivity index (χ2n) is 6.40. The molecule has 0 bridgehead atoms. The highest BCUT2D eigenvalue weighted by Gasteiger charge is 2.23. The molecular formula is C15H32N2O2. The maximum absolute atomic E-state index is 11.8. The number of ether oxygens (including phenoxy) is 1. The average Bonchev–Trinajstić information content (AvgIpc) is 2.24. The van der Waals surface area contributed by atoms with Crippen molar-refractivity contribution in [3.05, 3.63) is 0 Å². The van der Waals surface area contributed by atoms with Crippen molar-refractivity contribution in [3.63, 3.8) is 0 Å². The summed E-state index contributed by atoms with van der Waals surface area (Å²) in [7, 11) is 1.45. The fourth-order valence-electron chi connectivity index (χ4n) is 2.25. The number of esters is 1. The van der Waals surface area contributed by atoms with Gasteiger partial charge >= 0.3 is 5.97 Å². The minimum atomic E-state index is -0.248. The molecule has 0 aromatic heterocycles. The van der Waals surface area contributed by atoms with Crippen molar-refractivity contribution in [2.75, 3.05) is 26.7 Å². The van der Waals surface area contributed by atoms with Gasteiger partial charge in [0.15, 0.2) is 0 Å². The topological polar surface area (TPSA) is 41.6 Å². The molecule has 1 unspecified atom stereocenters. The van der Waals surface area contributed by atoms with E-state index in [1.165, 1.54) is 7.11 Å². The first-order valence-corrected chi connectivity index (χ1v) is 7.32. The van der Waals surface area contributed by atoms with Gasteiger partial charge < -0.3 is 15.0 Å². The molecule has 0 aliphatic carbocycles. The molecule has 1 N–H and O–H groups in total. The average molecular weight is 272 g/mol. The zero-order valence-electron chi connectivity index (χ0n) is 13.7. The third kappa shape index (κ3) is 9.00. The highest BCUT2D eigenvalue weighted by molar-refractivity contribution is 5.75. The molecule has 4 nitrogen and oxygen atoms in total. The van der Waals surface area contributed by atoms with Crippen LogP contribution < -0.4 is 5.32 Å². The maximum atomic E-state index is 11.8. The molecule has 0 aromatic rings. The fourth-order valence-corrected chi connectivity index (χ4v) is 2.25. The number of rotatable bonds is 9. The molecule has 1 atom stereocenters. The van der Waals surface area contributed by atoms with Crippen LogP contribution in [-0.4, -0.2) is 49.7 Å². The lowest BCUT2D eigenvalue weighted by Gasteiger charge is -2.30. The quantitative estimate of drug-likeness (QED) is 0.653. The first-order valence-electron chi connectivity index (χ1n) is 7.32. The van der Waals surface area contributed by atoms with Gasteiger partial charge in [0.2, 0.25) is 0 Å². The monoisotopic (exact) mass is 272 g/mol. The molecular weight excluding hydrogens is 240 g/mol. The van der Waals surface area contributed by atoms with Crippen molar-refractivity contribution in [1.29, 1.82) is 0 Å². The van der Waals surface area contributed by atoms with E-state index in [0.29, 0.717) is 18.4 Å². The van der Waals surface area contributed by atoms with Gasteiger partial charge in [-0.2, -0.15) is 0 Å². The second-order valence-corrected chi connectivity index (χ2v) is 6.40.